The number of nitrogens with zero attached hydrogens (tertiary/aromatic N) is 1. The molecule has 0 spiro atoms. The third-order valence-electron chi connectivity index (χ3n) is 1.08. The largest absolute Gasteiger partial charge is 0.349 e. The SMILES string of the molecule is CC1N=CCNC1=O. The second-order valence-electron chi connectivity index (χ2n) is 1.75. The molecule has 1 N–H and O–H groups in total. The summed E-state index contributed by atoms with van der Waals surface area (Å²) in [5.41, 5.74) is 0. The summed E-state index contributed by atoms with van der Waals surface area (Å²) in [6, 6.07) is -0.177. The van der Waals surface area contributed by atoms with E-state index in [0.717, 1.165) is 0 Å². The fraction of sp³-hybridized carbons (Fsp3) is 0.600. The van der Waals surface area contributed by atoms with Gasteiger partial charge in [-0.25, -0.2) is 0 Å². The third kappa shape index (κ3) is 0.857. The van der Waals surface area contributed by atoms with E-state index < -0.39 is 0 Å². The predicted octanol–water partition coefficient (Wildman–Crippen LogP) is -0.425. The maximum absolute atomic E-state index is 10.6. The molecular weight excluding hydrogens is 104 g/mol. The molecule has 3 heteroatoms. The molecule has 44 valence electrons. The van der Waals surface area contributed by atoms with Crippen molar-refractivity contribution in [2.45, 2.75) is 13.0 Å². The van der Waals surface area contributed by atoms with Crippen molar-refractivity contribution in [3.63, 3.8) is 0 Å². The molecule has 0 fully saturated rings. The van der Waals surface area contributed by atoms with Crippen LogP contribution in [0.2, 0.25) is 0 Å². The number of rotatable bonds is 0. The quantitative estimate of drug-likeness (QED) is 0.454. The molecule has 0 aromatic rings. The normalized spacial score (nSPS) is 27.6. The van der Waals surface area contributed by atoms with Crippen LogP contribution in [0.5, 0.6) is 0 Å². The number of carbonyl (C=O) groups is 1. The topological polar surface area (TPSA) is 41.5 Å². The maximum atomic E-state index is 10.6. The van der Waals surface area contributed by atoms with Crippen molar-refractivity contribution in [3.8, 4) is 0 Å². The molecule has 0 aromatic heterocycles. The van der Waals surface area contributed by atoms with Crippen molar-refractivity contribution in [1.82, 2.24) is 5.32 Å². The van der Waals surface area contributed by atoms with Crippen molar-refractivity contribution in [2.24, 2.45) is 4.99 Å². The molecule has 0 aromatic carbocycles. The smallest absolute Gasteiger partial charge is 0.244 e. The molecule has 0 saturated carbocycles. The molecule has 1 rings (SSSR count). The summed E-state index contributed by atoms with van der Waals surface area (Å²) in [5.74, 6) is 0.0208. The van der Waals surface area contributed by atoms with Crippen LogP contribution in [-0.2, 0) is 4.79 Å². The first-order chi connectivity index (χ1) is 3.80. The molecule has 0 radical (unpaired) electrons. The highest BCUT2D eigenvalue weighted by Crippen LogP contribution is 1.90. The van der Waals surface area contributed by atoms with Gasteiger partial charge in [-0.15, -0.1) is 0 Å². The van der Waals surface area contributed by atoms with Crippen molar-refractivity contribution < 1.29 is 4.79 Å². The first kappa shape index (κ1) is 5.28. The van der Waals surface area contributed by atoms with E-state index in [1.54, 1.807) is 13.1 Å². The van der Waals surface area contributed by atoms with E-state index in [4.69, 9.17) is 0 Å². The van der Waals surface area contributed by atoms with Crippen LogP contribution in [0.4, 0.5) is 0 Å². The zero-order chi connectivity index (χ0) is 5.98. The number of amides is 1. The average Bonchev–Trinajstić information content (AvgIpc) is 1.77. The Morgan fingerprint density at radius 2 is 2.75 bits per heavy atom. The average molecular weight is 112 g/mol. The third-order valence-corrected chi connectivity index (χ3v) is 1.08. The molecule has 1 aliphatic rings. The minimum Gasteiger partial charge on any atom is -0.349 e. The molecule has 3 nitrogen and oxygen atoms in total. The van der Waals surface area contributed by atoms with Gasteiger partial charge in [0, 0.05) is 6.21 Å². The summed E-state index contributed by atoms with van der Waals surface area (Å²) in [4.78, 5) is 14.4. The van der Waals surface area contributed by atoms with E-state index in [1.165, 1.54) is 0 Å². The predicted molar refractivity (Wildman–Crippen MR) is 31.0 cm³/mol. The number of carbonyl (C=O) groups excluding carboxylic acids is 1. The summed E-state index contributed by atoms with van der Waals surface area (Å²) in [7, 11) is 0. The summed E-state index contributed by atoms with van der Waals surface area (Å²) in [6.07, 6.45) is 1.71. The highest BCUT2D eigenvalue weighted by atomic mass is 16.2. The highest BCUT2D eigenvalue weighted by Gasteiger charge is 2.11. The number of hydrogen-bond donors (Lipinski definition) is 1. The van der Waals surface area contributed by atoms with Crippen LogP contribution in [0.3, 0.4) is 0 Å². The van der Waals surface area contributed by atoms with Gasteiger partial charge in [-0.3, -0.25) is 9.79 Å². The molecule has 1 amide bonds. The van der Waals surface area contributed by atoms with Gasteiger partial charge >= 0.3 is 0 Å². The van der Waals surface area contributed by atoms with Gasteiger partial charge in [0.25, 0.3) is 0 Å². The number of nitrogens with one attached hydrogen (secondary N) is 1. The van der Waals surface area contributed by atoms with Crippen molar-refractivity contribution in [2.75, 3.05) is 6.54 Å². The van der Waals surface area contributed by atoms with Crippen LogP contribution in [0.1, 0.15) is 6.92 Å². The Morgan fingerprint density at radius 3 is 3.12 bits per heavy atom. The summed E-state index contributed by atoms with van der Waals surface area (Å²) in [5, 5.41) is 2.64. The van der Waals surface area contributed by atoms with Crippen LogP contribution in [-0.4, -0.2) is 24.7 Å². The van der Waals surface area contributed by atoms with Crippen LogP contribution in [0.15, 0.2) is 4.99 Å². The second-order valence-corrected chi connectivity index (χ2v) is 1.75. The maximum Gasteiger partial charge on any atom is 0.244 e. The van der Waals surface area contributed by atoms with E-state index in [9.17, 15) is 4.79 Å². The van der Waals surface area contributed by atoms with Gasteiger partial charge in [-0.05, 0) is 6.92 Å². The molecule has 0 aliphatic carbocycles. The van der Waals surface area contributed by atoms with Crippen molar-refractivity contribution >= 4 is 12.1 Å². The van der Waals surface area contributed by atoms with E-state index in [-0.39, 0.29) is 11.9 Å². The fourth-order valence-corrected chi connectivity index (χ4v) is 0.572. The minimum absolute atomic E-state index is 0.0208. The van der Waals surface area contributed by atoms with Crippen molar-refractivity contribution in [1.29, 1.82) is 0 Å². The Bertz CT molecular complexity index is 130. The van der Waals surface area contributed by atoms with E-state index in [2.05, 4.69) is 10.3 Å². The standard InChI is InChI=1S/C5H8N2O/c1-4-5(8)7-3-2-6-4/h2,4H,3H2,1H3,(H,7,8). The molecule has 1 atom stereocenters. The first-order valence-electron chi connectivity index (χ1n) is 2.60. The van der Waals surface area contributed by atoms with Gasteiger partial charge in [-0.1, -0.05) is 0 Å². The van der Waals surface area contributed by atoms with Crippen LogP contribution in [0.25, 0.3) is 0 Å². The monoisotopic (exact) mass is 112 g/mol. The Balaban J connectivity index is 2.60. The van der Waals surface area contributed by atoms with E-state index in [0.29, 0.717) is 6.54 Å². The lowest BCUT2D eigenvalue weighted by Gasteiger charge is -2.10. The van der Waals surface area contributed by atoms with Gasteiger partial charge in [0.15, 0.2) is 0 Å². The Labute approximate surface area is 47.8 Å². The van der Waals surface area contributed by atoms with Crippen molar-refractivity contribution in [3.05, 3.63) is 0 Å². The van der Waals surface area contributed by atoms with Gasteiger partial charge in [-0.2, -0.15) is 0 Å². The van der Waals surface area contributed by atoms with E-state index >= 15 is 0 Å². The Morgan fingerprint density at radius 1 is 2.00 bits per heavy atom. The molecule has 1 unspecified atom stereocenters. The van der Waals surface area contributed by atoms with Gasteiger partial charge in [0.05, 0.1) is 6.54 Å². The van der Waals surface area contributed by atoms with Crippen LogP contribution >= 0.6 is 0 Å². The first-order valence-corrected chi connectivity index (χ1v) is 2.60. The zero-order valence-corrected chi connectivity index (χ0v) is 4.72. The summed E-state index contributed by atoms with van der Waals surface area (Å²) < 4.78 is 0. The molecule has 0 bridgehead atoms. The Kier molecular flexibility index (Phi) is 1.28. The number of aliphatic imine (C=N–C) groups is 1. The molecule has 1 heterocycles. The second kappa shape index (κ2) is 1.94. The van der Waals surface area contributed by atoms with Gasteiger partial charge in [0.2, 0.25) is 5.91 Å². The summed E-state index contributed by atoms with van der Waals surface area (Å²) >= 11 is 0. The molecule has 8 heavy (non-hydrogen) atoms. The van der Waals surface area contributed by atoms with Gasteiger partial charge < -0.3 is 5.32 Å². The molecule has 0 saturated heterocycles. The van der Waals surface area contributed by atoms with E-state index in [1.807, 2.05) is 0 Å². The van der Waals surface area contributed by atoms with Crippen LogP contribution in [0, 0.1) is 0 Å². The molecular formula is C5H8N2O. The lowest BCUT2D eigenvalue weighted by molar-refractivity contribution is -0.121. The summed E-state index contributed by atoms with van der Waals surface area (Å²) in [6.45, 7) is 2.36. The van der Waals surface area contributed by atoms with Gasteiger partial charge in [0.1, 0.15) is 6.04 Å². The zero-order valence-electron chi connectivity index (χ0n) is 4.72. The van der Waals surface area contributed by atoms with Crippen LogP contribution < -0.4 is 5.32 Å². The Hall–Kier alpha value is -0.860. The lowest BCUT2D eigenvalue weighted by atomic mass is 10.3. The number of hydrogen-bond acceptors (Lipinski definition) is 2. The minimum atomic E-state index is -0.177. The lowest BCUT2D eigenvalue weighted by Crippen LogP contribution is -2.36. The fourth-order valence-electron chi connectivity index (χ4n) is 0.572. The highest BCUT2D eigenvalue weighted by molar-refractivity contribution is 5.87. The molecule has 1 aliphatic heterocycles.